The summed E-state index contributed by atoms with van der Waals surface area (Å²) >= 11 is 0. The summed E-state index contributed by atoms with van der Waals surface area (Å²) in [5.74, 6) is -1.36. The van der Waals surface area contributed by atoms with Crippen molar-refractivity contribution < 1.29 is 78.9 Å². The quantitative estimate of drug-likeness (QED) is 0.488. The van der Waals surface area contributed by atoms with E-state index in [1.165, 1.54) is 18.2 Å². The van der Waals surface area contributed by atoms with Crippen LogP contribution in [0.4, 0.5) is 0 Å². The van der Waals surface area contributed by atoms with Gasteiger partial charge in [-0.25, -0.2) is 0 Å². The second kappa shape index (κ2) is 12.2. The van der Waals surface area contributed by atoms with Gasteiger partial charge < -0.3 is 15.0 Å². The van der Waals surface area contributed by atoms with Crippen molar-refractivity contribution in [3.63, 3.8) is 0 Å². The van der Waals surface area contributed by atoms with Gasteiger partial charge in [0.15, 0.2) is 5.78 Å². The first-order chi connectivity index (χ1) is 14.2. The van der Waals surface area contributed by atoms with E-state index in [0.717, 1.165) is 11.1 Å². The minimum atomic E-state index is -1.28. The molecule has 0 N–H and O–H groups in total. The van der Waals surface area contributed by atoms with Crippen LogP contribution in [-0.2, 0) is 4.79 Å². The van der Waals surface area contributed by atoms with Gasteiger partial charge in [-0.05, 0) is 46.3 Å². The molecule has 1 aliphatic carbocycles. The van der Waals surface area contributed by atoms with Crippen LogP contribution in [0, 0.1) is 5.92 Å². The maximum Gasteiger partial charge on any atom is 1.00 e. The Hall–Kier alpha value is -1.40. The molecule has 0 heterocycles. The Morgan fingerprint density at radius 1 is 0.875 bits per heavy atom. The Labute approximate surface area is 233 Å². The molecule has 2 aromatic carbocycles. The fourth-order valence-electron chi connectivity index (χ4n) is 3.67. The molecule has 0 saturated carbocycles. The number of aromatic carboxylic acids is 1. The second-order valence-corrected chi connectivity index (χ2v) is 8.02. The van der Waals surface area contributed by atoms with Gasteiger partial charge in [0.05, 0.1) is 5.97 Å². The minimum absolute atomic E-state index is 0. The smallest absolute Gasteiger partial charge is 0.872 e. The Bertz CT molecular complexity index is 1110. The zero-order valence-electron chi connectivity index (χ0n) is 19.6. The average Bonchev–Trinajstić information content (AvgIpc) is 2.70. The molecule has 0 aromatic heterocycles. The summed E-state index contributed by atoms with van der Waals surface area (Å²) in [6.45, 7) is 7.77. The van der Waals surface area contributed by atoms with Crippen LogP contribution in [0.1, 0.15) is 60.7 Å². The largest absolute Gasteiger partial charge is 1.00 e. The van der Waals surface area contributed by atoms with Crippen LogP contribution in [-0.4, -0.2) is 11.8 Å². The third-order valence-electron chi connectivity index (χ3n) is 5.26. The summed E-state index contributed by atoms with van der Waals surface area (Å²) in [4.78, 5) is 24.1. The zero-order chi connectivity index (χ0) is 22.0. The minimum Gasteiger partial charge on any atom is -0.872 e. The molecule has 0 amide bonds. The van der Waals surface area contributed by atoms with E-state index in [1.54, 1.807) is 30.3 Å². The van der Waals surface area contributed by atoms with Crippen LogP contribution in [0.3, 0.4) is 0 Å². The average molecular weight is 446 g/mol. The SMILES string of the molecule is CC(C)C1=C/C(=C(/c2ccc([O-])c(C(C)C)c2)c2ccccc2C(=O)[O-])C=CC1=O.[Na+].[Na+]. The van der Waals surface area contributed by atoms with Crippen LogP contribution in [0.25, 0.3) is 5.57 Å². The van der Waals surface area contributed by atoms with E-state index < -0.39 is 5.97 Å². The Balaban J connectivity index is 0.00000256. The van der Waals surface area contributed by atoms with Gasteiger partial charge in [0, 0.05) is 11.1 Å². The number of carboxylic acid groups (broad SMARTS) is 1. The van der Waals surface area contributed by atoms with Gasteiger partial charge >= 0.3 is 59.1 Å². The van der Waals surface area contributed by atoms with Gasteiger partial charge in [-0.15, -0.1) is 5.75 Å². The van der Waals surface area contributed by atoms with Crippen molar-refractivity contribution in [3.05, 3.63) is 94.1 Å². The van der Waals surface area contributed by atoms with Gasteiger partial charge in [0.25, 0.3) is 0 Å². The van der Waals surface area contributed by atoms with Crippen LogP contribution >= 0.6 is 0 Å². The van der Waals surface area contributed by atoms with Crippen LogP contribution in [0.2, 0.25) is 0 Å². The summed E-state index contributed by atoms with van der Waals surface area (Å²) in [5, 5.41) is 24.1. The van der Waals surface area contributed by atoms with Crippen molar-refractivity contribution in [1.29, 1.82) is 0 Å². The van der Waals surface area contributed by atoms with Gasteiger partial charge in [-0.1, -0.05) is 81.8 Å². The van der Waals surface area contributed by atoms with Crippen molar-refractivity contribution in [2.75, 3.05) is 0 Å². The normalized spacial score (nSPS) is 14.6. The number of benzene rings is 2. The number of carbonyl (C=O) groups excluding carboxylic acids is 2. The van der Waals surface area contributed by atoms with Crippen molar-refractivity contribution in [3.8, 4) is 5.75 Å². The molecule has 4 nitrogen and oxygen atoms in total. The van der Waals surface area contributed by atoms with Crippen LogP contribution in [0.5, 0.6) is 5.75 Å². The van der Waals surface area contributed by atoms with Crippen molar-refractivity contribution in [1.82, 2.24) is 0 Å². The Kier molecular flexibility index (Phi) is 10.9. The summed E-state index contributed by atoms with van der Waals surface area (Å²) in [6, 6.07) is 11.7. The molecular weight excluding hydrogens is 422 g/mol. The van der Waals surface area contributed by atoms with Gasteiger partial charge in [0.2, 0.25) is 0 Å². The molecule has 0 unspecified atom stereocenters. The molecule has 0 aliphatic heterocycles. The molecule has 3 rings (SSSR count). The van der Waals surface area contributed by atoms with Crippen molar-refractivity contribution >= 4 is 17.3 Å². The number of hydrogen-bond donors (Lipinski definition) is 0. The molecule has 32 heavy (non-hydrogen) atoms. The predicted octanol–water partition coefficient (Wildman–Crippen LogP) is -2.22. The summed E-state index contributed by atoms with van der Waals surface area (Å²) in [6.07, 6.45) is 5.03. The molecule has 154 valence electrons. The maximum absolute atomic E-state index is 12.3. The second-order valence-electron chi connectivity index (χ2n) is 8.02. The van der Waals surface area contributed by atoms with E-state index in [1.807, 2.05) is 39.8 Å². The first-order valence-electron chi connectivity index (χ1n) is 10.0. The van der Waals surface area contributed by atoms with Crippen LogP contribution in [0.15, 0.2) is 71.8 Å². The topological polar surface area (TPSA) is 80.3 Å². The zero-order valence-corrected chi connectivity index (χ0v) is 23.6. The van der Waals surface area contributed by atoms with Crippen molar-refractivity contribution in [2.45, 2.75) is 33.6 Å². The molecule has 0 spiro atoms. The van der Waals surface area contributed by atoms with E-state index in [2.05, 4.69) is 0 Å². The fourth-order valence-corrected chi connectivity index (χ4v) is 3.67. The van der Waals surface area contributed by atoms with Gasteiger partial charge in [0.1, 0.15) is 0 Å². The van der Waals surface area contributed by atoms with E-state index in [4.69, 9.17) is 0 Å². The third kappa shape index (κ3) is 6.13. The first kappa shape index (κ1) is 28.6. The molecule has 0 saturated heterocycles. The van der Waals surface area contributed by atoms with E-state index in [-0.39, 0.29) is 88.0 Å². The molecule has 2 aromatic rings. The standard InChI is InChI=1S/C26H26O4.2Na/c1-15(2)21-13-17(9-11-23(21)27)25(19-7-5-6-8-20(19)26(29)30)18-10-12-24(28)22(14-18)16(3)4;;/h5-16,27H,1-4H3,(H,29,30);;/q;2*+1/p-2/b25-18-;;. The van der Waals surface area contributed by atoms with Crippen molar-refractivity contribution in [2.24, 2.45) is 5.92 Å². The van der Waals surface area contributed by atoms with Crippen LogP contribution < -0.4 is 69.3 Å². The number of ketones is 1. The van der Waals surface area contributed by atoms with Gasteiger partial charge in [-0.2, -0.15) is 0 Å². The number of allylic oxidation sites excluding steroid dienone is 5. The van der Waals surface area contributed by atoms with E-state index in [0.29, 0.717) is 22.3 Å². The van der Waals surface area contributed by atoms with E-state index >= 15 is 0 Å². The number of carbonyl (C=O) groups is 2. The van der Waals surface area contributed by atoms with Gasteiger partial charge in [-0.3, -0.25) is 4.79 Å². The molecule has 6 heteroatoms. The molecule has 0 atom stereocenters. The third-order valence-corrected chi connectivity index (χ3v) is 5.26. The predicted molar refractivity (Wildman–Crippen MR) is 114 cm³/mol. The maximum atomic E-state index is 12.3. The van der Waals surface area contributed by atoms with E-state index in [9.17, 15) is 19.8 Å². The monoisotopic (exact) mass is 446 g/mol. The fraction of sp³-hybridized carbons (Fsp3) is 0.231. The number of hydrogen-bond acceptors (Lipinski definition) is 4. The number of rotatable bonds is 5. The molecule has 1 aliphatic rings. The molecule has 0 bridgehead atoms. The molecular formula is C26H24Na2O4. The Morgan fingerprint density at radius 3 is 2.06 bits per heavy atom. The molecule has 0 fully saturated rings. The first-order valence-corrected chi connectivity index (χ1v) is 10.0. The summed E-state index contributed by atoms with van der Waals surface area (Å²) < 4.78 is 0. The Morgan fingerprint density at radius 2 is 1.50 bits per heavy atom. The summed E-state index contributed by atoms with van der Waals surface area (Å²) in [7, 11) is 0. The number of carboxylic acids is 1. The molecule has 0 radical (unpaired) electrons. The summed E-state index contributed by atoms with van der Waals surface area (Å²) in [5.41, 5.74) is 3.95.